The van der Waals surface area contributed by atoms with Crippen LogP contribution >= 0.6 is 11.8 Å². The molecule has 0 aliphatic carbocycles. The standard InChI is InChI=1S/C11H22N2S/c1-5-9-8-14-10(13-9)12-7-6-11(2,3)4/h9H,5-8H2,1-4H3,(H,12,13). The summed E-state index contributed by atoms with van der Waals surface area (Å²) < 4.78 is 0. The predicted molar refractivity (Wildman–Crippen MR) is 66.0 cm³/mol. The van der Waals surface area contributed by atoms with Gasteiger partial charge in [0.25, 0.3) is 0 Å². The summed E-state index contributed by atoms with van der Waals surface area (Å²) in [4.78, 5) is 4.58. The number of amidine groups is 1. The molecule has 2 nitrogen and oxygen atoms in total. The van der Waals surface area contributed by atoms with Crippen LogP contribution in [-0.4, -0.2) is 23.5 Å². The van der Waals surface area contributed by atoms with E-state index in [-0.39, 0.29) is 0 Å². The van der Waals surface area contributed by atoms with Crippen molar-refractivity contribution in [3.05, 3.63) is 0 Å². The molecular weight excluding hydrogens is 192 g/mol. The molecule has 1 N–H and O–H groups in total. The largest absolute Gasteiger partial charge is 0.361 e. The second-order valence-electron chi connectivity index (χ2n) is 5.06. The average Bonchev–Trinajstić information content (AvgIpc) is 2.50. The van der Waals surface area contributed by atoms with Gasteiger partial charge in [0.1, 0.15) is 0 Å². The lowest BCUT2D eigenvalue weighted by Crippen LogP contribution is -2.26. The lowest BCUT2D eigenvalue weighted by molar-refractivity contribution is 0.385. The van der Waals surface area contributed by atoms with E-state index in [4.69, 9.17) is 0 Å². The van der Waals surface area contributed by atoms with E-state index in [1.807, 2.05) is 11.8 Å². The number of hydrogen-bond donors (Lipinski definition) is 1. The molecule has 1 unspecified atom stereocenters. The molecular formula is C11H22N2S. The van der Waals surface area contributed by atoms with Gasteiger partial charge in [-0.3, -0.25) is 4.99 Å². The zero-order valence-corrected chi connectivity index (χ0v) is 10.6. The van der Waals surface area contributed by atoms with Gasteiger partial charge in [-0.2, -0.15) is 0 Å². The van der Waals surface area contributed by atoms with Crippen molar-refractivity contribution in [3.63, 3.8) is 0 Å². The molecule has 14 heavy (non-hydrogen) atoms. The molecule has 0 aromatic carbocycles. The molecule has 0 spiro atoms. The predicted octanol–water partition coefficient (Wildman–Crippen LogP) is 2.89. The SMILES string of the molecule is CCC1CSC(=NCCC(C)(C)C)N1. The Morgan fingerprint density at radius 3 is 2.71 bits per heavy atom. The highest BCUT2D eigenvalue weighted by Crippen LogP contribution is 2.20. The fourth-order valence-electron chi connectivity index (χ4n) is 1.24. The summed E-state index contributed by atoms with van der Waals surface area (Å²) in [5.74, 6) is 1.19. The van der Waals surface area contributed by atoms with Gasteiger partial charge in [-0.1, -0.05) is 39.5 Å². The van der Waals surface area contributed by atoms with Crippen LogP contribution < -0.4 is 5.32 Å². The zero-order chi connectivity index (χ0) is 10.6. The fraction of sp³-hybridized carbons (Fsp3) is 0.909. The normalized spacial score (nSPS) is 25.4. The Hall–Kier alpha value is -0.180. The second kappa shape index (κ2) is 5.06. The molecule has 0 aromatic heterocycles. The minimum Gasteiger partial charge on any atom is -0.361 e. The van der Waals surface area contributed by atoms with Crippen LogP contribution in [0.3, 0.4) is 0 Å². The number of nitrogens with one attached hydrogen (secondary N) is 1. The average molecular weight is 214 g/mol. The van der Waals surface area contributed by atoms with Crippen molar-refractivity contribution >= 4 is 16.9 Å². The summed E-state index contributed by atoms with van der Waals surface area (Å²) in [7, 11) is 0. The topological polar surface area (TPSA) is 24.4 Å². The molecule has 1 saturated heterocycles. The molecule has 0 radical (unpaired) electrons. The van der Waals surface area contributed by atoms with E-state index < -0.39 is 0 Å². The summed E-state index contributed by atoms with van der Waals surface area (Å²) in [5.41, 5.74) is 0.400. The van der Waals surface area contributed by atoms with Crippen LogP contribution in [0.15, 0.2) is 4.99 Å². The van der Waals surface area contributed by atoms with Crippen LogP contribution in [0.2, 0.25) is 0 Å². The van der Waals surface area contributed by atoms with Crippen LogP contribution in [0.4, 0.5) is 0 Å². The van der Waals surface area contributed by atoms with Crippen molar-refractivity contribution in [3.8, 4) is 0 Å². The van der Waals surface area contributed by atoms with Gasteiger partial charge >= 0.3 is 0 Å². The van der Waals surface area contributed by atoms with Crippen LogP contribution in [0.5, 0.6) is 0 Å². The first kappa shape index (κ1) is 11.9. The smallest absolute Gasteiger partial charge is 0.156 e. The van der Waals surface area contributed by atoms with Gasteiger partial charge in [0.2, 0.25) is 0 Å². The number of rotatable bonds is 3. The third kappa shape index (κ3) is 4.36. The molecule has 0 aromatic rings. The van der Waals surface area contributed by atoms with Crippen LogP contribution in [0, 0.1) is 5.41 Å². The highest BCUT2D eigenvalue weighted by molar-refractivity contribution is 8.14. The van der Waals surface area contributed by atoms with Crippen molar-refractivity contribution in [1.82, 2.24) is 5.32 Å². The van der Waals surface area contributed by atoms with Crippen molar-refractivity contribution in [1.29, 1.82) is 0 Å². The van der Waals surface area contributed by atoms with E-state index >= 15 is 0 Å². The third-order valence-corrected chi connectivity index (χ3v) is 3.45. The van der Waals surface area contributed by atoms with Crippen LogP contribution in [-0.2, 0) is 0 Å². The maximum Gasteiger partial charge on any atom is 0.156 e. The lowest BCUT2D eigenvalue weighted by atomic mass is 9.93. The first-order valence-electron chi connectivity index (χ1n) is 5.45. The lowest BCUT2D eigenvalue weighted by Gasteiger charge is -2.16. The Kier molecular flexibility index (Phi) is 4.30. The molecule has 3 heteroatoms. The minimum atomic E-state index is 0.400. The van der Waals surface area contributed by atoms with Gasteiger partial charge in [0.15, 0.2) is 5.17 Å². The van der Waals surface area contributed by atoms with Gasteiger partial charge in [-0.05, 0) is 18.3 Å². The molecule has 1 aliphatic rings. The zero-order valence-electron chi connectivity index (χ0n) is 9.76. The molecule has 0 saturated carbocycles. The van der Waals surface area contributed by atoms with E-state index in [1.165, 1.54) is 12.2 Å². The fourth-order valence-corrected chi connectivity index (χ4v) is 2.35. The summed E-state index contributed by atoms with van der Waals surface area (Å²) in [6, 6.07) is 0.647. The Balaban J connectivity index is 2.26. The number of nitrogens with zero attached hydrogens (tertiary/aromatic N) is 1. The quantitative estimate of drug-likeness (QED) is 0.781. The van der Waals surface area contributed by atoms with E-state index in [0.29, 0.717) is 11.5 Å². The minimum absolute atomic E-state index is 0.400. The molecule has 0 amide bonds. The van der Waals surface area contributed by atoms with Crippen molar-refractivity contribution in [2.45, 2.75) is 46.6 Å². The molecule has 1 aliphatic heterocycles. The Bertz CT molecular complexity index is 206. The monoisotopic (exact) mass is 214 g/mol. The van der Waals surface area contributed by atoms with Crippen molar-refractivity contribution in [2.24, 2.45) is 10.4 Å². The van der Waals surface area contributed by atoms with Gasteiger partial charge in [0.05, 0.1) is 0 Å². The maximum absolute atomic E-state index is 4.58. The molecule has 1 rings (SSSR count). The Labute approximate surface area is 92.0 Å². The van der Waals surface area contributed by atoms with Gasteiger partial charge in [-0.15, -0.1) is 0 Å². The van der Waals surface area contributed by atoms with E-state index in [1.54, 1.807) is 0 Å². The summed E-state index contributed by atoms with van der Waals surface area (Å²) in [6.45, 7) is 9.96. The van der Waals surface area contributed by atoms with Gasteiger partial charge in [0, 0.05) is 18.3 Å². The number of thioether (sulfide) groups is 1. The first-order chi connectivity index (χ1) is 6.51. The summed E-state index contributed by atoms with van der Waals surface area (Å²) >= 11 is 1.86. The highest BCUT2D eigenvalue weighted by atomic mass is 32.2. The molecule has 1 fully saturated rings. The van der Waals surface area contributed by atoms with E-state index in [0.717, 1.165) is 18.1 Å². The van der Waals surface area contributed by atoms with Crippen molar-refractivity contribution in [2.75, 3.05) is 12.3 Å². The van der Waals surface area contributed by atoms with Crippen molar-refractivity contribution < 1.29 is 0 Å². The molecule has 82 valence electrons. The number of hydrogen-bond acceptors (Lipinski definition) is 2. The summed E-state index contributed by atoms with van der Waals surface area (Å²) in [5, 5.41) is 4.59. The highest BCUT2D eigenvalue weighted by Gasteiger charge is 2.18. The maximum atomic E-state index is 4.58. The number of aliphatic imine (C=N–C) groups is 1. The second-order valence-corrected chi connectivity index (χ2v) is 6.07. The Morgan fingerprint density at radius 2 is 2.21 bits per heavy atom. The first-order valence-corrected chi connectivity index (χ1v) is 6.43. The summed E-state index contributed by atoms with van der Waals surface area (Å²) in [6.07, 6.45) is 2.36. The van der Waals surface area contributed by atoms with E-state index in [2.05, 4.69) is 38.0 Å². The van der Waals surface area contributed by atoms with Gasteiger partial charge in [-0.25, -0.2) is 0 Å². The van der Waals surface area contributed by atoms with E-state index in [9.17, 15) is 0 Å². The molecule has 1 atom stereocenters. The Morgan fingerprint density at radius 1 is 1.50 bits per heavy atom. The van der Waals surface area contributed by atoms with Gasteiger partial charge < -0.3 is 5.32 Å². The molecule has 0 bridgehead atoms. The third-order valence-electron chi connectivity index (χ3n) is 2.36. The van der Waals surface area contributed by atoms with Crippen LogP contribution in [0.1, 0.15) is 40.5 Å². The van der Waals surface area contributed by atoms with Crippen LogP contribution in [0.25, 0.3) is 0 Å². The molecule has 1 heterocycles.